The Hall–Kier alpha value is -3.09. The maximum absolute atomic E-state index is 12.9. The predicted molar refractivity (Wildman–Crippen MR) is 97.7 cm³/mol. The van der Waals surface area contributed by atoms with Crippen LogP contribution < -0.4 is 10.5 Å². The largest absolute Gasteiger partial charge is 0.421 e. The molecule has 0 aliphatic carbocycles. The number of rotatable bonds is 4. The van der Waals surface area contributed by atoms with E-state index in [2.05, 4.69) is 0 Å². The Kier molecular flexibility index (Phi) is 5.03. The van der Waals surface area contributed by atoms with Crippen LogP contribution >= 0.6 is 0 Å². The Morgan fingerprint density at radius 3 is 2.41 bits per heavy atom. The lowest BCUT2D eigenvalue weighted by molar-refractivity contribution is -0.139. The van der Waals surface area contributed by atoms with Crippen molar-refractivity contribution in [1.82, 2.24) is 4.57 Å². The van der Waals surface area contributed by atoms with Crippen LogP contribution in [0.2, 0.25) is 0 Å². The quantitative estimate of drug-likeness (QED) is 0.691. The second-order valence-corrected chi connectivity index (χ2v) is 6.02. The lowest BCUT2D eigenvalue weighted by Gasteiger charge is -2.22. The lowest BCUT2D eigenvalue weighted by atomic mass is 10.1. The van der Waals surface area contributed by atoms with Crippen molar-refractivity contribution in [2.45, 2.75) is 19.6 Å². The maximum atomic E-state index is 12.9. The number of alkyl halides is 3. The first-order valence-electron chi connectivity index (χ1n) is 8.37. The van der Waals surface area contributed by atoms with E-state index in [1.54, 1.807) is 13.0 Å². The van der Waals surface area contributed by atoms with Crippen LogP contribution in [0.5, 0.6) is 0 Å². The Balaban J connectivity index is 1.91. The van der Waals surface area contributed by atoms with Crippen molar-refractivity contribution in [3.05, 3.63) is 76.7 Å². The summed E-state index contributed by atoms with van der Waals surface area (Å²) in [7, 11) is 0. The Morgan fingerprint density at radius 2 is 1.74 bits per heavy atom. The van der Waals surface area contributed by atoms with Gasteiger partial charge in [-0.3, -0.25) is 9.59 Å². The van der Waals surface area contributed by atoms with Crippen molar-refractivity contribution >= 4 is 22.4 Å². The van der Waals surface area contributed by atoms with Crippen molar-refractivity contribution in [3.63, 3.8) is 0 Å². The molecular weight excluding hydrogens is 357 g/mol. The molecule has 1 amide bonds. The Morgan fingerprint density at radius 1 is 1.04 bits per heavy atom. The molecule has 7 heteroatoms. The highest BCUT2D eigenvalue weighted by atomic mass is 19.4. The number of fused-ring (bicyclic) bond motifs is 1. The minimum absolute atomic E-state index is 0.324. The van der Waals surface area contributed by atoms with Crippen LogP contribution in [0.25, 0.3) is 10.8 Å². The number of anilines is 1. The highest BCUT2D eigenvalue weighted by molar-refractivity contribution is 5.96. The van der Waals surface area contributed by atoms with Crippen LogP contribution in [0.15, 0.2) is 65.6 Å². The van der Waals surface area contributed by atoms with Crippen LogP contribution in [0, 0.1) is 0 Å². The number of pyridine rings is 1. The summed E-state index contributed by atoms with van der Waals surface area (Å²) in [5.41, 5.74) is -1.89. The van der Waals surface area contributed by atoms with E-state index in [1.165, 1.54) is 11.1 Å². The van der Waals surface area contributed by atoms with Gasteiger partial charge in [0, 0.05) is 18.4 Å². The van der Waals surface area contributed by atoms with Crippen LogP contribution in [-0.2, 0) is 17.5 Å². The predicted octanol–water partition coefficient (Wildman–Crippen LogP) is 4.07. The SMILES string of the molecule is CCN(C(=O)Cn1cccc(C(F)(F)F)c1=O)c1ccc2ccccc2c1. The van der Waals surface area contributed by atoms with Crippen molar-refractivity contribution in [2.75, 3.05) is 11.4 Å². The number of aromatic nitrogens is 1. The van der Waals surface area contributed by atoms with Crippen molar-refractivity contribution < 1.29 is 18.0 Å². The first-order valence-corrected chi connectivity index (χ1v) is 8.37. The number of hydrogen-bond acceptors (Lipinski definition) is 2. The molecule has 4 nitrogen and oxygen atoms in total. The van der Waals surface area contributed by atoms with Gasteiger partial charge in [0.1, 0.15) is 12.1 Å². The van der Waals surface area contributed by atoms with Gasteiger partial charge in [-0.15, -0.1) is 0 Å². The molecule has 1 heterocycles. The topological polar surface area (TPSA) is 42.3 Å². The van der Waals surface area contributed by atoms with E-state index < -0.39 is 29.8 Å². The number of benzene rings is 2. The molecule has 0 atom stereocenters. The van der Waals surface area contributed by atoms with E-state index in [4.69, 9.17) is 0 Å². The molecule has 3 aromatic rings. The average molecular weight is 374 g/mol. The Bertz CT molecular complexity index is 1040. The fraction of sp³-hybridized carbons (Fsp3) is 0.200. The number of carbonyl (C=O) groups is 1. The minimum atomic E-state index is -4.76. The molecule has 27 heavy (non-hydrogen) atoms. The second kappa shape index (κ2) is 7.26. The molecule has 0 bridgehead atoms. The summed E-state index contributed by atoms with van der Waals surface area (Å²) in [6.07, 6.45) is -3.57. The number of likely N-dealkylation sites (N-methyl/N-ethyl adjacent to an activating group) is 1. The lowest BCUT2D eigenvalue weighted by Crippen LogP contribution is -2.37. The summed E-state index contributed by atoms with van der Waals surface area (Å²) in [5, 5.41) is 1.95. The van der Waals surface area contributed by atoms with Gasteiger partial charge in [0.2, 0.25) is 5.91 Å². The molecule has 1 aromatic heterocycles. The number of hydrogen-bond donors (Lipinski definition) is 0. The van der Waals surface area contributed by atoms with Gasteiger partial charge in [0.15, 0.2) is 0 Å². The van der Waals surface area contributed by atoms with Crippen LogP contribution in [-0.4, -0.2) is 17.0 Å². The van der Waals surface area contributed by atoms with Crippen molar-refractivity contribution in [1.29, 1.82) is 0 Å². The van der Waals surface area contributed by atoms with Gasteiger partial charge in [-0.05, 0) is 42.0 Å². The number of halogens is 3. The van der Waals surface area contributed by atoms with Gasteiger partial charge < -0.3 is 9.47 Å². The first-order chi connectivity index (χ1) is 12.8. The van der Waals surface area contributed by atoms with Gasteiger partial charge in [0.25, 0.3) is 5.56 Å². The highest BCUT2D eigenvalue weighted by Crippen LogP contribution is 2.26. The van der Waals surface area contributed by atoms with Crippen LogP contribution in [0.3, 0.4) is 0 Å². The maximum Gasteiger partial charge on any atom is 0.421 e. The molecule has 0 fully saturated rings. The summed E-state index contributed by atoms with van der Waals surface area (Å²) in [6.45, 7) is 1.62. The normalized spacial score (nSPS) is 11.6. The third-order valence-corrected chi connectivity index (χ3v) is 4.29. The van der Waals surface area contributed by atoms with Gasteiger partial charge in [-0.1, -0.05) is 30.3 Å². The fourth-order valence-electron chi connectivity index (χ4n) is 2.96. The van der Waals surface area contributed by atoms with E-state index >= 15 is 0 Å². The first kappa shape index (κ1) is 18.7. The zero-order valence-electron chi connectivity index (χ0n) is 14.5. The van der Waals surface area contributed by atoms with E-state index in [-0.39, 0.29) is 0 Å². The monoisotopic (exact) mass is 374 g/mol. The molecule has 0 saturated carbocycles. The van der Waals surface area contributed by atoms with E-state index in [1.807, 2.05) is 36.4 Å². The molecule has 0 saturated heterocycles. The summed E-state index contributed by atoms with van der Waals surface area (Å²) in [6, 6.07) is 15.0. The molecule has 0 unspecified atom stereocenters. The average Bonchev–Trinajstić information content (AvgIpc) is 2.63. The smallest absolute Gasteiger partial charge is 0.311 e. The zero-order chi connectivity index (χ0) is 19.6. The second-order valence-electron chi connectivity index (χ2n) is 6.02. The van der Waals surface area contributed by atoms with Crippen LogP contribution in [0.4, 0.5) is 18.9 Å². The fourth-order valence-corrected chi connectivity index (χ4v) is 2.96. The highest BCUT2D eigenvalue weighted by Gasteiger charge is 2.34. The van der Waals surface area contributed by atoms with Crippen molar-refractivity contribution in [3.8, 4) is 0 Å². The van der Waals surface area contributed by atoms with Gasteiger partial charge >= 0.3 is 6.18 Å². The molecule has 140 valence electrons. The standard InChI is InChI=1S/C20H17F3N2O2/c1-2-25(16-10-9-14-6-3-4-7-15(14)12-16)18(26)13-24-11-5-8-17(19(24)27)20(21,22)23/h3-12H,2,13H2,1H3. The summed E-state index contributed by atoms with van der Waals surface area (Å²) in [4.78, 5) is 26.2. The molecule has 0 aliphatic heterocycles. The number of amides is 1. The molecule has 2 aromatic carbocycles. The summed E-state index contributed by atoms with van der Waals surface area (Å²) in [5.74, 6) is -0.464. The van der Waals surface area contributed by atoms with E-state index in [0.717, 1.165) is 21.4 Å². The molecule has 0 spiro atoms. The van der Waals surface area contributed by atoms with Gasteiger partial charge in [0.05, 0.1) is 0 Å². The third kappa shape index (κ3) is 3.86. The number of carbonyl (C=O) groups excluding carboxylic acids is 1. The Labute approximate surface area is 153 Å². The van der Waals surface area contributed by atoms with Crippen molar-refractivity contribution in [2.24, 2.45) is 0 Å². The van der Waals surface area contributed by atoms with Gasteiger partial charge in [-0.25, -0.2) is 0 Å². The summed E-state index contributed by atoms with van der Waals surface area (Å²) >= 11 is 0. The zero-order valence-corrected chi connectivity index (χ0v) is 14.5. The van der Waals surface area contributed by atoms with Crippen LogP contribution in [0.1, 0.15) is 12.5 Å². The molecular formula is C20H17F3N2O2. The molecule has 3 rings (SSSR count). The third-order valence-electron chi connectivity index (χ3n) is 4.29. The number of nitrogens with zero attached hydrogens (tertiary/aromatic N) is 2. The molecule has 0 aliphatic rings. The van der Waals surface area contributed by atoms with Gasteiger partial charge in [-0.2, -0.15) is 13.2 Å². The summed E-state index contributed by atoms with van der Waals surface area (Å²) < 4.78 is 39.5. The van der Waals surface area contributed by atoms with E-state index in [0.29, 0.717) is 18.3 Å². The molecule has 0 radical (unpaired) electrons. The van der Waals surface area contributed by atoms with E-state index in [9.17, 15) is 22.8 Å². The molecule has 0 N–H and O–H groups in total. The minimum Gasteiger partial charge on any atom is -0.311 e.